The Balaban J connectivity index is 5.20. The molecule has 0 aromatic heterocycles. The fourth-order valence-electron chi connectivity index (χ4n) is 10.2. The van der Waals surface area contributed by atoms with E-state index in [1.807, 2.05) is 0 Å². The van der Waals surface area contributed by atoms with Crippen molar-refractivity contribution in [2.45, 2.75) is 356 Å². The van der Waals surface area contributed by atoms with E-state index >= 15 is 0 Å². The molecule has 0 aromatic rings. The summed E-state index contributed by atoms with van der Waals surface area (Å²) >= 11 is 0. The third-order valence-corrected chi connectivity index (χ3v) is 17.9. The molecule has 0 aliphatic carbocycles. The van der Waals surface area contributed by atoms with Gasteiger partial charge in [0.2, 0.25) is 0 Å². The molecule has 0 bridgehead atoms. The smallest absolute Gasteiger partial charge is 0.462 e. The number of carbonyl (C=O) groups excluding carboxylic acids is 4. The van der Waals surface area contributed by atoms with E-state index in [2.05, 4.69) is 48.5 Å². The van der Waals surface area contributed by atoms with Crippen molar-refractivity contribution in [3.8, 4) is 0 Å². The minimum atomic E-state index is -4.95. The molecule has 0 aliphatic heterocycles. The number of esters is 4. The second kappa shape index (κ2) is 59.1. The Morgan fingerprint density at radius 1 is 0.333 bits per heavy atom. The summed E-state index contributed by atoms with van der Waals surface area (Å²) in [5, 5.41) is 10.6. The SMILES string of the molecule is CCCCCCCCCCC(=O)OC[C@H](COP(=O)(O)OC[C@H](O)COP(=O)(O)OC[C@@H](COC(=O)CCCCCCCCCCC(C)CC)OC(=O)CCCCCCCCCCCCCCCCCC(C)C)OC(=O)CCCCCCCCC(C)C. The standard InChI is InChI=1S/C68H132O17P2/c1-8-10-11-12-13-27-35-42-49-65(70)78-56-64(85-68(73)52-45-38-31-30-33-40-47-60(5)6)58-83-87(76,77)81-54-62(69)53-80-86(74,75)82-57-63(55-79-66(71)50-43-36-28-24-23-26-34-41-48-61(7)9-2)84-67(72)51-44-37-29-22-20-18-16-14-15-17-19-21-25-32-39-46-59(3)4/h59-64,69H,8-58H2,1-7H3,(H,74,75)(H,76,77)/t61?,62-,63-,64-/m1/s1. The molecule has 0 fully saturated rings. The summed E-state index contributed by atoms with van der Waals surface area (Å²) in [7, 11) is -9.89. The number of aliphatic hydroxyl groups excluding tert-OH is 1. The third kappa shape index (κ3) is 61.3. The molecule has 17 nitrogen and oxygen atoms in total. The van der Waals surface area contributed by atoms with Crippen LogP contribution in [-0.2, 0) is 65.4 Å². The highest BCUT2D eigenvalue weighted by Crippen LogP contribution is 2.45. The van der Waals surface area contributed by atoms with Gasteiger partial charge >= 0.3 is 39.5 Å². The van der Waals surface area contributed by atoms with Gasteiger partial charge in [0.05, 0.1) is 26.4 Å². The van der Waals surface area contributed by atoms with Gasteiger partial charge in [-0.25, -0.2) is 9.13 Å². The summed E-state index contributed by atoms with van der Waals surface area (Å²) in [4.78, 5) is 72.3. The molecule has 0 heterocycles. The fourth-order valence-corrected chi connectivity index (χ4v) is 11.7. The number of phosphoric ester groups is 2. The van der Waals surface area contributed by atoms with Crippen molar-refractivity contribution in [1.29, 1.82) is 0 Å². The second-order valence-electron chi connectivity index (χ2n) is 25.8. The number of phosphoric acid groups is 2. The van der Waals surface area contributed by atoms with Gasteiger partial charge in [-0.1, -0.05) is 286 Å². The zero-order chi connectivity index (χ0) is 64.5. The Kier molecular flexibility index (Phi) is 57.8. The number of hydrogen-bond donors (Lipinski definition) is 3. The molecule has 3 unspecified atom stereocenters. The normalized spacial score (nSPS) is 14.6. The van der Waals surface area contributed by atoms with E-state index in [1.54, 1.807) is 0 Å². The number of ether oxygens (including phenoxy) is 4. The molecule has 0 amide bonds. The first-order valence-corrected chi connectivity index (χ1v) is 38.4. The van der Waals surface area contributed by atoms with Gasteiger partial charge in [-0.2, -0.15) is 0 Å². The molecule has 516 valence electrons. The molecule has 0 aromatic carbocycles. The predicted octanol–water partition coefficient (Wildman–Crippen LogP) is 19.1. The third-order valence-electron chi connectivity index (χ3n) is 16.0. The van der Waals surface area contributed by atoms with Crippen molar-refractivity contribution in [2.24, 2.45) is 17.8 Å². The largest absolute Gasteiger partial charge is 0.472 e. The maximum atomic E-state index is 13.0. The van der Waals surface area contributed by atoms with E-state index in [-0.39, 0.29) is 25.7 Å². The number of carbonyl (C=O) groups is 4. The van der Waals surface area contributed by atoms with Crippen LogP contribution < -0.4 is 0 Å². The summed E-state index contributed by atoms with van der Waals surface area (Å²) in [6, 6.07) is 0. The molecule has 0 spiro atoms. The lowest BCUT2D eigenvalue weighted by Crippen LogP contribution is -2.30. The molecule has 0 saturated carbocycles. The summed E-state index contributed by atoms with van der Waals surface area (Å²) in [6.45, 7) is 11.7. The maximum absolute atomic E-state index is 13.0. The molecule has 0 saturated heterocycles. The summed E-state index contributed by atoms with van der Waals surface area (Å²) in [6.07, 6.45) is 41.9. The van der Waals surface area contributed by atoms with Crippen molar-refractivity contribution >= 4 is 39.5 Å². The van der Waals surface area contributed by atoms with Crippen LogP contribution in [-0.4, -0.2) is 96.7 Å². The van der Waals surface area contributed by atoms with Crippen LogP contribution in [0.4, 0.5) is 0 Å². The van der Waals surface area contributed by atoms with E-state index in [0.29, 0.717) is 31.6 Å². The number of aliphatic hydroxyl groups is 1. The van der Waals surface area contributed by atoms with E-state index in [4.69, 9.17) is 37.0 Å². The first-order valence-electron chi connectivity index (χ1n) is 35.4. The first-order chi connectivity index (χ1) is 41.8. The molecule has 0 radical (unpaired) electrons. The molecule has 0 rings (SSSR count). The predicted molar refractivity (Wildman–Crippen MR) is 349 cm³/mol. The average molecular weight is 1280 g/mol. The lowest BCUT2D eigenvalue weighted by atomic mass is 9.99. The Labute approximate surface area is 530 Å². The molecule has 19 heteroatoms. The Morgan fingerprint density at radius 3 is 0.874 bits per heavy atom. The topological polar surface area (TPSA) is 237 Å². The van der Waals surface area contributed by atoms with Gasteiger partial charge in [-0.3, -0.25) is 37.3 Å². The fraction of sp³-hybridized carbons (Fsp3) is 0.941. The summed E-state index contributed by atoms with van der Waals surface area (Å²) in [5.41, 5.74) is 0. The van der Waals surface area contributed by atoms with Crippen LogP contribution in [0.5, 0.6) is 0 Å². The zero-order valence-electron chi connectivity index (χ0n) is 56.5. The highest BCUT2D eigenvalue weighted by atomic mass is 31.2. The van der Waals surface area contributed by atoms with Gasteiger partial charge in [0.15, 0.2) is 12.2 Å². The summed E-state index contributed by atoms with van der Waals surface area (Å²) < 4.78 is 68.1. The molecule has 3 N–H and O–H groups in total. The molecular formula is C68H132O17P2. The van der Waals surface area contributed by atoms with Crippen molar-refractivity contribution < 1.29 is 80.2 Å². The Bertz CT molecular complexity index is 1720. The number of unbranched alkanes of at least 4 members (excludes halogenated alkanes) is 33. The van der Waals surface area contributed by atoms with Crippen molar-refractivity contribution in [1.82, 2.24) is 0 Å². The van der Waals surface area contributed by atoms with Gasteiger partial charge in [0.1, 0.15) is 19.3 Å². The molecule has 0 aliphatic rings. The van der Waals surface area contributed by atoms with Crippen LogP contribution in [0.2, 0.25) is 0 Å². The van der Waals surface area contributed by atoms with E-state index in [9.17, 15) is 43.2 Å². The molecule has 87 heavy (non-hydrogen) atoms. The van der Waals surface area contributed by atoms with Crippen molar-refractivity contribution in [3.63, 3.8) is 0 Å². The second-order valence-corrected chi connectivity index (χ2v) is 28.7. The van der Waals surface area contributed by atoms with Crippen LogP contribution in [0.25, 0.3) is 0 Å². The van der Waals surface area contributed by atoms with Gasteiger partial charge < -0.3 is 33.8 Å². The lowest BCUT2D eigenvalue weighted by molar-refractivity contribution is -0.161. The highest BCUT2D eigenvalue weighted by molar-refractivity contribution is 7.47. The lowest BCUT2D eigenvalue weighted by Gasteiger charge is -2.21. The van der Waals surface area contributed by atoms with Gasteiger partial charge in [0.25, 0.3) is 0 Å². The summed E-state index contributed by atoms with van der Waals surface area (Å²) in [5.74, 6) is 0.113. The molecule has 6 atom stereocenters. The highest BCUT2D eigenvalue weighted by Gasteiger charge is 2.30. The quantitative estimate of drug-likeness (QED) is 0.0222. The monoisotopic (exact) mass is 1280 g/mol. The minimum absolute atomic E-state index is 0.102. The average Bonchev–Trinajstić information content (AvgIpc) is 3.57. The van der Waals surface area contributed by atoms with E-state index < -0.39 is 97.5 Å². The Morgan fingerprint density at radius 2 is 0.586 bits per heavy atom. The molecular weight excluding hydrogens is 1150 g/mol. The van der Waals surface area contributed by atoms with Crippen LogP contribution in [0, 0.1) is 17.8 Å². The number of hydrogen-bond acceptors (Lipinski definition) is 15. The maximum Gasteiger partial charge on any atom is 0.472 e. The Hall–Kier alpha value is -1.94. The number of rotatable bonds is 66. The van der Waals surface area contributed by atoms with E-state index in [0.717, 1.165) is 108 Å². The van der Waals surface area contributed by atoms with Crippen LogP contribution in [0.15, 0.2) is 0 Å². The van der Waals surface area contributed by atoms with E-state index in [1.165, 1.54) is 141 Å². The van der Waals surface area contributed by atoms with Crippen LogP contribution >= 0.6 is 15.6 Å². The zero-order valence-corrected chi connectivity index (χ0v) is 58.3. The van der Waals surface area contributed by atoms with Crippen molar-refractivity contribution in [2.75, 3.05) is 39.6 Å². The van der Waals surface area contributed by atoms with Crippen LogP contribution in [0.1, 0.15) is 337 Å². The van der Waals surface area contributed by atoms with Crippen molar-refractivity contribution in [3.05, 3.63) is 0 Å². The van der Waals surface area contributed by atoms with Gasteiger partial charge in [0, 0.05) is 25.7 Å². The van der Waals surface area contributed by atoms with Crippen LogP contribution in [0.3, 0.4) is 0 Å². The first kappa shape index (κ1) is 85.1. The minimum Gasteiger partial charge on any atom is -0.462 e. The van der Waals surface area contributed by atoms with Gasteiger partial charge in [-0.05, 0) is 43.4 Å². The van der Waals surface area contributed by atoms with Gasteiger partial charge in [-0.15, -0.1) is 0 Å².